The lowest BCUT2D eigenvalue weighted by Gasteiger charge is -2.27. The predicted octanol–water partition coefficient (Wildman–Crippen LogP) is 1.08. The molecule has 0 saturated carbocycles. The fourth-order valence-electron chi connectivity index (χ4n) is 1.95. The van der Waals surface area contributed by atoms with Crippen molar-refractivity contribution in [3.63, 3.8) is 0 Å². The van der Waals surface area contributed by atoms with Crippen LogP contribution >= 0.6 is 0 Å². The zero-order valence-electron chi connectivity index (χ0n) is 8.68. The molecule has 2 N–H and O–H groups in total. The molecular formula is C10H14N4O. The number of aromatic nitrogens is 2. The molecule has 1 aromatic rings. The molecule has 2 heterocycles. The highest BCUT2D eigenvalue weighted by Gasteiger charge is 2.23. The highest BCUT2D eigenvalue weighted by atomic mass is 16.5. The Bertz CT molecular complexity index is 393. The molecule has 0 radical (unpaired) electrons. The maximum absolute atomic E-state index is 8.77. The van der Waals surface area contributed by atoms with E-state index in [0.29, 0.717) is 11.4 Å². The Labute approximate surface area is 88.4 Å². The van der Waals surface area contributed by atoms with Crippen molar-refractivity contribution in [2.75, 3.05) is 12.3 Å². The van der Waals surface area contributed by atoms with E-state index in [1.165, 1.54) is 6.20 Å². The topological polar surface area (TPSA) is 76.9 Å². The number of nitrogens with two attached hydrogens (primary N) is 1. The summed E-state index contributed by atoms with van der Waals surface area (Å²) >= 11 is 0. The Hall–Kier alpha value is -1.54. The lowest BCUT2D eigenvalue weighted by Crippen LogP contribution is -2.26. The molecule has 1 aliphatic rings. The van der Waals surface area contributed by atoms with E-state index in [0.717, 1.165) is 19.4 Å². The molecule has 0 aliphatic carbocycles. The summed E-state index contributed by atoms with van der Waals surface area (Å²) in [6.45, 7) is 2.77. The average molecular weight is 206 g/mol. The summed E-state index contributed by atoms with van der Waals surface area (Å²) in [4.78, 5) is 0. The SMILES string of the molecule is CC1CC(n2ncc(C#N)c2N)CCO1. The van der Waals surface area contributed by atoms with Gasteiger partial charge in [0.15, 0.2) is 0 Å². The number of nitriles is 1. The van der Waals surface area contributed by atoms with Crippen molar-refractivity contribution in [1.29, 1.82) is 5.26 Å². The zero-order valence-corrected chi connectivity index (χ0v) is 8.68. The highest BCUT2D eigenvalue weighted by molar-refractivity contribution is 5.47. The molecule has 5 heteroatoms. The van der Waals surface area contributed by atoms with Crippen molar-refractivity contribution in [1.82, 2.24) is 9.78 Å². The molecule has 80 valence electrons. The van der Waals surface area contributed by atoms with Crippen LogP contribution in [0.2, 0.25) is 0 Å². The third-order valence-corrected chi connectivity index (χ3v) is 2.76. The van der Waals surface area contributed by atoms with Crippen LogP contribution in [-0.4, -0.2) is 22.5 Å². The van der Waals surface area contributed by atoms with Gasteiger partial charge in [0.05, 0.1) is 18.3 Å². The van der Waals surface area contributed by atoms with Gasteiger partial charge in [0, 0.05) is 6.61 Å². The number of anilines is 1. The smallest absolute Gasteiger partial charge is 0.140 e. The Morgan fingerprint density at radius 3 is 3.13 bits per heavy atom. The first-order chi connectivity index (χ1) is 7.22. The van der Waals surface area contributed by atoms with Gasteiger partial charge in [-0.05, 0) is 19.8 Å². The average Bonchev–Trinajstić information content (AvgIpc) is 2.59. The second kappa shape index (κ2) is 3.91. The lowest BCUT2D eigenvalue weighted by atomic mass is 10.0. The molecule has 1 fully saturated rings. The Morgan fingerprint density at radius 2 is 2.53 bits per heavy atom. The van der Waals surface area contributed by atoms with Gasteiger partial charge in [0.25, 0.3) is 0 Å². The number of nitrogens with zero attached hydrogens (tertiary/aromatic N) is 3. The van der Waals surface area contributed by atoms with Gasteiger partial charge in [0.1, 0.15) is 17.5 Å². The minimum absolute atomic E-state index is 0.234. The van der Waals surface area contributed by atoms with Gasteiger partial charge in [-0.3, -0.25) is 0 Å². The van der Waals surface area contributed by atoms with Crippen molar-refractivity contribution < 1.29 is 4.74 Å². The quantitative estimate of drug-likeness (QED) is 0.745. The lowest BCUT2D eigenvalue weighted by molar-refractivity contribution is 0.00399. The summed E-state index contributed by atoms with van der Waals surface area (Å²) in [6.07, 6.45) is 3.56. The van der Waals surface area contributed by atoms with Crippen LogP contribution < -0.4 is 5.73 Å². The van der Waals surface area contributed by atoms with Crippen molar-refractivity contribution in [3.05, 3.63) is 11.8 Å². The van der Waals surface area contributed by atoms with E-state index in [4.69, 9.17) is 15.7 Å². The van der Waals surface area contributed by atoms with Gasteiger partial charge >= 0.3 is 0 Å². The number of rotatable bonds is 1. The molecule has 15 heavy (non-hydrogen) atoms. The number of hydrogen-bond acceptors (Lipinski definition) is 4. The Balaban J connectivity index is 2.22. The van der Waals surface area contributed by atoms with Gasteiger partial charge in [0.2, 0.25) is 0 Å². The van der Waals surface area contributed by atoms with Gasteiger partial charge in [-0.25, -0.2) is 4.68 Å². The fraction of sp³-hybridized carbons (Fsp3) is 0.600. The van der Waals surface area contributed by atoms with E-state index >= 15 is 0 Å². The van der Waals surface area contributed by atoms with E-state index in [2.05, 4.69) is 5.10 Å². The molecule has 2 rings (SSSR count). The molecule has 0 spiro atoms. The highest BCUT2D eigenvalue weighted by Crippen LogP contribution is 2.27. The molecule has 1 saturated heterocycles. The summed E-state index contributed by atoms with van der Waals surface area (Å²) in [5.74, 6) is 0.469. The molecule has 0 aromatic carbocycles. The normalized spacial score (nSPS) is 26.1. The van der Waals surface area contributed by atoms with Gasteiger partial charge < -0.3 is 10.5 Å². The minimum Gasteiger partial charge on any atom is -0.383 e. The summed E-state index contributed by atoms with van der Waals surface area (Å²) in [6, 6.07) is 2.29. The molecule has 2 atom stereocenters. The standard InChI is InChI=1S/C10H14N4O/c1-7-4-9(2-3-15-7)14-10(12)8(5-11)6-13-14/h6-7,9H,2-4,12H2,1H3. The first-order valence-corrected chi connectivity index (χ1v) is 5.07. The van der Waals surface area contributed by atoms with Crippen molar-refractivity contribution in [2.24, 2.45) is 0 Å². The fourth-order valence-corrected chi connectivity index (χ4v) is 1.95. The first-order valence-electron chi connectivity index (χ1n) is 5.07. The summed E-state index contributed by atoms with van der Waals surface area (Å²) < 4.78 is 7.20. The van der Waals surface area contributed by atoms with E-state index in [1.54, 1.807) is 4.68 Å². The summed E-state index contributed by atoms with van der Waals surface area (Å²) in [7, 11) is 0. The van der Waals surface area contributed by atoms with E-state index in [9.17, 15) is 0 Å². The Kier molecular flexibility index (Phi) is 2.60. The Morgan fingerprint density at radius 1 is 1.73 bits per heavy atom. The van der Waals surface area contributed by atoms with Crippen LogP contribution in [0.15, 0.2) is 6.20 Å². The van der Waals surface area contributed by atoms with Crippen LogP contribution in [0.4, 0.5) is 5.82 Å². The summed E-state index contributed by atoms with van der Waals surface area (Å²) in [5.41, 5.74) is 6.28. The zero-order chi connectivity index (χ0) is 10.8. The maximum atomic E-state index is 8.77. The minimum atomic E-state index is 0.234. The van der Waals surface area contributed by atoms with Crippen LogP contribution in [-0.2, 0) is 4.74 Å². The van der Waals surface area contributed by atoms with E-state index in [1.807, 2.05) is 13.0 Å². The van der Waals surface area contributed by atoms with Crippen LogP contribution in [0, 0.1) is 11.3 Å². The number of nitrogen functional groups attached to an aromatic ring is 1. The van der Waals surface area contributed by atoms with Gasteiger partial charge in [-0.15, -0.1) is 0 Å². The van der Waals surface area contributed by atoms with Crippen LogP contribution in [0.1, 0.15) is 31.4 Å². The van der Waals surface area contributed by atoms with E-state index in [-0.39, 0.29) is 12.1 Å². The second-order valence-electron chi connectivity index (χ2n) is 3.86. The predicted molar refractivity (Wildman–Crippen MR) is 55.0 cm³/mol. The second-order valence-corrected chi connectivity index (χ2v) is 3.86. The molecular weight excluding hydrogens is 192 g/mol. The van der Waals surface area contributed by atoms with E-state index < -0.39 is 0 Å². The van der Waals surface area contributed by atoms with Crippen LogP contribution in [0.3, 0.4) is 0 Å². The summed E-state index contributed by atoms with van der Waals surface area (Å²) in [5, 5.41) is 12.9. The van der Waals surface area contributed by atoms with Gasteiger partial charge in [-0.1, -0.05) is 0 Å². The van der Waals surface area contributed by atoms with Crippen molar-refractivity contribution in [2.45, 2.75) is 31.9 Å². The third kappa shape index (κ3) is 1.81. The molecule has 1 aliphatic heterocycles. The van der Waals surface area contributed by atoms with Crippen molar-refractivity contribution in [3.8, 4) is 6.07 Å². The molecule has 0 bridgehead atoms. The first kappa shape index (κ1) is 9.99. The van der Waals surface area contributed by atoms with Crippen LogP contribution in [0.25, 0.3) is 0 Å². The molecule has 2 unspecified atom stereocenters. The maximum Gasteiger partial charge on any atom is 0.140 e. The molecule has 1 aromatic heterocycles. The number of hydrogen-bond donors (Lipinski definition) is 1. The van der Waals surface area contributed by atoms with Gasteiger partial charge in [-0.2, -0.15) is 10.4 Å². The number of ether oxygens (including phenoxy) is 1. The van der Waals surface area contributed by atoms with Crippen LogP contribution in [0.5, 0.6) is 0 Å². The molecule has 5 nitrogen and oxygen atoms in total. The van der Waals surface area contributed by atoms with Crippen molar-refractivity contribution >= 4 is 5.82 Å². The third-order valence-electron chi connectivity index (χ3n) is 2.76. The largest absolute Gasteiger partial charge is 0.383 e. The monoisotopic (exact) mass is 206 g/mol. The molecule has 0 amide bonds.